The fourth-order valence-corrected chi connectivity index (χ4v) is 5.26. The van der Waals surface area contributed by atoms with E-state index in [4.69, 9.17) is 0 Å². The Morgan fingerprint density at radius 1 is 0.897 bits per heavy atom. The Labute approximate surface area is 235 Å². The number of piperazine rings is 1. The number of unbranched alkanes of at least 4 members (excludes halogenated alkanes) is 2. The van der Waals surface area contributed by atoms with Crippen LogP contribution in [-0.4, -0.2) is 71.9 Å². The molecule has 1 saturated heterocycles. The first-order valence-electron chi connectivity index (χ1n) is 14.6. The van der Waals surface area contributed by atoms with E-state index in [9.17, 15) is 4.79 Å². The van der Waals surface area contributed by atoms with Gasteiger partial charge in [0, 0.05) is 57.7 Å². The number of benzene rings is 2. The van der Waals surface area contributed by atoms with Crippen molar-refractivity contribution >= 4 is 12.0 Å². The quantitative estimate of drug-likeness (QED) is 0.201. The normalized spacial score (nSPS) is 14.7. The number of amides is 1. The maximum atomic E-state index is 12.6. The van der Waals surface area contributed by atoms with E-state index in [1.165, 1.54) is 17.5 Å². The van der Waals surface area contributed by atoms with Crippen LogP contribution in [0.1, 0.15) is 61.0 Å². The van der Waals surface area contributed by atoms with Crippen LogP contribution in [0.5, 0.6) is 0 Å². The highest BCUT2D eigenvalue weighted by Gasteiger charge is 2.26. The molecule has 1 aliphatic rings. The van der Waals surface area contributed by atoms with Crippen molar-refractivity contribution in [3.8, 4) is 0 Å². The van der Waals surface area contributed by atoms with Gasteiger partial charge in [-0.15, -0.1) is 0 Å². The Balaban J connectivity index is 1.17. The lowest BCUT2D eigenvalue weighted by molar-refractivity contribution is -0.124. The number of carbonyl (C=O) groups is 1. The van der Waals surface area contributed by atoms with Gasteiger partial charge in [0.1, 0.15) is 0 Å². The van der Waals surface area contributed by atoms with Crippen LogP contribution < -0.4 is 0 Å². The summed E-state index contributed by atoms with van der Waals surface area (Å²) in [5.74, 6) is 0.0477. The van der Waals surface area contributed by atoms with Gasteiger partial charge in [-0.1, -0.05) is 80.1 Å². The number of rotatable bonds is 13. The van der Waals surface area contributed by atoms with Crippen LogP contribution in [-0.2, 0) is 11.2 Å². The highest BCUT2D eigenvalue weighted by Crippen LogP contribution is 2.29. The molecule has 1 aliphatic heterocycles. The molecule has 0 saturated carbocycles. The zero-order chi connectivity index (χ0) is 27.3. The zero-order valence-corrected chi connectivity index (χ0v) is 23.7. The molecule has 5 heteroatoms. The molecule has 0 aliphatic carbocycles. The average Bonchev–Trinajstić information content (AvgIpc) is 2.99. The summed E-state index contributed by atoms with van der Waals surface area (Å²) in [4.78, 5) is 24.1. The van der Waals surface area contributed by atoms with Crippen LogP contribution in [0.25, 0.3) is 6.08 Å². The Bertz CT molecular complexity index is 1100. The molecule has 0 radical (unpaired) electrons. The number of hydrogen-bond donors (Lipinski definition) is 0. The van der Waals surface area contributed by atoms with Gasteiger partial charge in [-0.25, -0.2) is 0 Å². The molecule has 5 nitrogen and oxygen atoms in total. The minimum atomic E-state index is 0.0477. The number of nitrogens with zero attached hydrogens (tertiary/aromatic N) is 4. The summed E-state index contributed by atoms with van der Waals surface area (Å²) in [6.07, 6.45) is 10.8. The van der Waals surface area contributed by atoms with Crippen LogP contribution in [0.15, 0.2) is 85.1 Å². The topological polar surface area (TPSA) is 39.7 Å². The van der Waals surface area contributed by atoms with E-state index in [0.29, 0.717) is 6.04 Å². The SMILES string of the molecule is CCCCc1ccc(/C=C/C(=O)N(C)CCCCN2CCN(C(c3ccccc3)c3ccccc3)CC2)cn1. The first kappa shape index (κ1) is 28.7. The minimum Gasteiger partial charge on any atom is -0.342 e. The second-order valence-corrected chi connectivity index (χ2v) is 10.6. The van der Waals surface area contributed by atoms with Crippen LogP contribution in [0.3, 0.4) is 0 Å². The third-order valence-corrected chi connectivity index (χ3v) is 7.65. The van der Waals surface area contributed by atoms with Gasteiger partial charge in [0.15, 0.2) is 0 Å². The van der Waals surface area contributed by atoms with Crippen LogP contribution in [0.2, 0.25) is 0 Å². The van der Waals surface area contributed by atoms with Crippen LogP contribution in [0.4, 0.5) is 0 Å². The first-order chi connectivity index (χ1) is 19.1. The summed E-state index contributed by atoms with van der Waals surface area (Å²) >= 11 is 0. The number of pyridine rings is 1. The molecule has 206 valence electrons. The number of likely N-dealkylation sites (N-methyl/N-ethyl adjacent to an activating group) is 1. The van der Waals surface area contributed by atoms with Crippen molar-refractivity contribution in [3.05, 3.63) is 107 Å². The Morgan fingerprint density at radius 2 is 1.56 bits per heavy atom. The van der Waals surface area contributed by atoms with Crippen molar-refractivity contribution in [2.24, 2.45) is 0 Å². The van der Waals surface area contributed by atoms with E-state index in [-0.39, 0.29) is 5.91 Å². The van der Waals surface area contributed by atoms with Crippen molar-refractivity contribution in [1.29, 1.82) is 0 Å². The highest BCUT2D eigenvalue weighted by molar-refractivity contribution is 5.91. The second kappa shape index (κ2) is 15.3. The molecule has 2 aromatic carbocycles. The molecular formula is C34H44N4O. The highest BCUT2D eigenvalue weighted by atomic mass is 16.2. The Kier molecular flexibility index (Phi) is 11.3. The van der Waals surface area contributed by atoms with Gasteiger partial charge in [-0.3, -0.25) is 14.7 Å². The maximum absolute atomic E-state index is 12.6. The van der Waals surface area contributed by atoms with Crippen molar-refractivity contribution in [2.75, 3.05) is 46.3 Å². The summed E-state index contributed by atoms with van der Waals surface area (Å²) in [5, 5.41) is 0. The second-order valence-electron chi connectivity index (χ2n) is 10.6. The fraction of sp³-hybridized carbons (Fsp3) is 0.412. The molecule has 2 heterocycles. The summed E-state index contributed by atoms with van der Waals surface area (Å²) in [6, 6.07) is 26.2. The van der Waals surface area contributed by atoms with Gasteiger partial charge < -0.3 is 9.80 Å². The van der Waals surface area contributed by atoms with Gasteiger partial charge in [-0.05, 0) is 61.1 Å². The molecule has 0 unspecified atom stereocenters. The zero-order valence-electron chi connectivity index (χ0n) is 23.7. The molecule has 0 atom stereocenters. The number of aryl methyl sites for hydroxylation is 1. The van der Waals surface area contributed by atoms with Crippen molar-refractivity contribution in [1.82, 2.24) is 19.7 Å². The molecule has 4 rings (SSSR count). The number of aromatic nitrogens is 1. The predicted molar refractivity (Wildman–Crippen MR) is 161 cm³/mol. The molecule has 0 N–H and O–H groups in total. The van der Waals surface area contributed by atoms with Gasteiger partial charge >= 0.3 is 0 Å². The maximum Gasteiger partial charge on any atom is 0.246 e. The summed E-state index contributed by atoms with van der Waals surface area (Å²) in [6.45, 7) is 8.34. The molecule has 1 aromatic heterocycles. The lowest BCUT2D eigenvalue weighted by atomic mass is 9.96. The van der Waals surface area contributed by atoms with E-state index >= 15 is 0 Å². The van der Waals surface area contributed by atoms with Gasteiger partial charge in [0.2, 0.25) is 5.91 Å². The summed E-state index contributed by atoms with van der Waals surface area (Å²) in [7, 11) is 1.89. The smallest absolute Gasteiger partial charge is 0.246 e. The van der Waals surface area contributed by atoms with Crippen molar-refractivity contribution in [3.63, 3.8) is 0 Å². The average molecular weight is 525 g/mol. The lowest BCUT2D eigenvalue weighted by Gasteiger charge is -2.40. The summed E-state index contributed by atoms with van der Waals surface area (Å²) in [5.41, 5.74) is 4.81. The molecule has 39 heavy (non-hydrogen) atoms. The van der Waals surface area contributed by atoms with Crippen LogP contribution >= 0.6 is 0 Å². The molecular weight excluding hydrogens is 480 g/mol. The molecule has 3 aromatic rings. The van der Waals surface area contributed by atoms with E-state index in [2.05, 4.69) is 88.4 Å². The Morgan fingerprint density at radius 3 is 2.15 bits per heavy atom. The van der Waals surface area contributed by atoms with Gasteiger partial charge in [0.05, 0.1) is 6.04 Å². The van der Waals surface area contributed by atoms with Crippen LogP contribution in [0, 0.1) is 0 Å². The fourth-order valence-electron chi connectivity index (χ4n) is 5.26. The lowest BCUT2D eigenvalue weighted by Crippen LogP contribution is -2.48. The minimum absolute atomic E-state index is 0.0477. The van der Waals surface area contributed by atoms with E-state index < -0.39 is 0 Å². The first-order valence-corrected chi connectivity index (χ1v) is 14.6. The van der Waals surface area contributed by atoms with E-state index in [1.54, 1.807) is 6.08 Å². The molecule has 0 spiro atoms. The predicted octanol–water partition coefficient (Wildman–Crippen LogP) is 6.08. The van der Waals surface area contributed by atoms with E-state index in [1.807, 2.05) is 30.3 Å². The van der Waals surface area contributed by atoms with Crippen molar-refractivity contribution < 1.29 is 4.79 Å². The third kappa shape index (κ3) is 8.87. The Hall–Kier alpha value is -3.28. The van der Waals surface area contributed by atoms with E-state index in [0.717, 1.165) is 76.2 Å². The molecule has 0 bridgehead atoms. The number of hydrogen-bond acceptors (Lipinski definition) is 4. The standard InChI is InChI=1S/C34H44N4O/c1-3-4-17-32-20-18-29(28-35-32)19-21-33(39)36(2)22-11-12-23-37-24-26-38(27-25-37)34(30-13-7-5-8-14-30)31-15-9-6-10-16-31/h5-10,13-16,18-21,28,34H,3-4,11-12,17,22-27H2,1-2H3/b21-19+. The molecule has 1 fully saturated rings. The number of carbonyl (C=O) groups excluding carboxylic acids is 1. The van der Waals surface area contributed by atoms with Gasteiger partial charge in [-0.2, -0.15) is 0 Å². The largest absolute Gasteiger partial charge is 0.342 e. The molecule has 1 amide bonds. The van der Waals surface area contributed by atoms with Gasteiger partial charge in [0.25, 0.3) is 0 Å². The monoisotopic (exact) mass is 524 g/mol. The third-order valence-electron chi connectivity index (χ3n) is 7.65. The summed E-state index contributed by atoms with van der Waals surface area (Å²) < 4.78 is 0. The van der Waals surface area contributed by atoms with Crippen molar-refractivity contribution in [2.45, 2.75) is 45.1 Å².